The molecule has 2 heterocycles. The van der Waals surface area contributed by atoms with E-state index in [0.717, 1.165) is 23.4 Å². The van der Waals surface area contributed by atoms with Crippen molar-refractivity contribution in [1.82, 2.24) is 20.0 Å². The van der Waals surface area contributed by atoms with Crippen LogP contribution in [0.4, 0.5) is 17.6 Å². The Labute approximate surface area is 214 Å². The van der Waals surface area contributed by atoms with Gasteiger partial charge in [0.25, 0.3) is 0 Å². The standard InChI is InChI=1S/C26H35F4N5O2/c1-15(2)33(4)13-19(18-6-5-17(12-20(18)27)26(28,29)30)25(37)35-9-7-34(8-10-35)24-22-16(3)11-21(36)23(22)31-14-32-24/h5-6,12,14-16,19,21,24,36H,7-11,13H2,1-4H3,(H,31,32)/t16-,19-,21-,24?/m1/s1. The fourth-order valence-electron chi connectivity index (χ4n) is 5.36. The maximum atomic E-state index is 15.0. The lowest BCUT2D eigenvalue weighted by Gasteiger charge is -2.41. The van der Waals surface area contributed by atoms with Crippen LogP contribution in [0.5, 0.6) is 0 Å². The second-order valence-corrected chi connectivity index (χ2v) is 10.5. The molecule has 0 bridgehead atoms. The number of aliphatic hydroxyl groups is 1. The molecule has 3 aliphatic rings. The average Bonchev–Trinajstić information content (AvgIpc) is 3.15. The van der Waals surface area contributed by atoms with Gasteiger partial charge in [-0.2, -0.15) is 13.2 Å². The summed E-state index contributed by atoms with van der Waals surface area (Å²) >= 11 is 0. The smallest absolute Gasteiger partial charge is 0.387 e. The first-order chi connectivity index (χ1) is 17.4. The Morgan fingerprint density at radius 3 is 2.51 bits per heavy atom. The number of benzene rings is 1. The van der Waals surface area contributed by atoms with Gasteiger partial charge in [-0.15, -0.1) is 0 Å². The van der Waals surface area contributed by atoms with Crippen molar-refractivity contribution >= 4 is 12.2 Å². The third-order valence-corrected chi connectivity index (χ3v) is 7.79. The van der Waals surface area contributed by atoms with Gasteiger partial charge in [-0.25, -0.2) is 4.39 Å². The van der Waals surface area contributed by atoms with E-state index < -0.39 is 29.6 Å². The van der Waals surface area contributed by atoms with Crippen LogP contribution in [-0.2, 0) is 11.0 Å². The molecule has 1 aromatic rings. The quantitative estimate of drug-likeness (QED) is 0.559. The van der Waals surface area contributed by atoms with Gasteiger partial charge in [0.1, 0.15) is 12.0 Å². The largest absolute Gasteiger partial charge is 0.416 e. The number of carbonyl (C=O) groups is 1. The lowest BCUT2D eigenvalue weighted by atomic mass is 9.94. The van der Waals surface area contributed by atoms with Gasteiger partial charge >= 0.3 is 6.18 Å². The van der Waals surface area contributed by atoms with Gasteiger partial charge in [-0.1, -0.05) is 13.0 Å². The minimum absolute atomic E-state index is 0.0283. The van der Waals surface area contributed by atoms with Crippen molar-refractivity contribution in [3.05, 3.63) is 46.4 Å². The molecule has 1 saturated heterocycles. The number of amides is 1. The van der Waals surface area contributed by atoms with Crippen LogP contribution in [0.2, 0.25) is 0 Å². The normalized spacial score (nSPS) is 25.6. The van der Waals surface area contributed by atoms with Crippen molar-refractivity contribution in [1.29, 1.82) is 0 Å². The van der Waals surface area contributed by atoms with Crippen molar-refractivity contribution in [3.63, 3.8) is 0 Å². The third kappa shape index (κ3) is 5.68. The molecule has 37 heavy (non-hydrogen) atoms. The molecule has 204 valence electrons. The highest BCUT2D eigenvalue weighted by atomic mass is 19.4. The van der Waals surface area contributed by atoms with Crippen LogP contribution in [0, 0.1) is 11.7 Å². The molecular weight excluding hydrogens is 490 g/mol. The number of piperazine rings is 1. The summed E-state index contributed by atoms with van der Waals surface area (Å²) in [6, 6.07) is 2.47. The SMILES string of the molecule is CC(C)N(C)C[C@@H](C(=O)N1CCN(C2N=CNC3=C2[C@H](C)C[C@H]3O)CC1)c1ccc(C(F)(F)F)cc1F. The lowest BCUT2D eigenvalue weighted by Crippen LogP contribution is -2.54. The zero-order valence-corrected chi connectivity index (χ0v) is 21.6. The summed E-state index contributed by atoms with van der Waals surface area (Å²) in [7, 11) is 1.81. The summed E-state index contributed by atoms with van der Waals surface area (Å²) in [5, 5.41) is 13.4. The summed E-state index contributed by atoms with van der Waals surface area (Å²) in [5.74, 6) is -2.08. The molecule has 0 radical (unpaired) electrons. The minimum atomic E-state index is -4.66. The Morgan fingerprint density at radius 1 is 1.24 bits per heavy atom. The summed E-state index contributed by atoms with van der Waals surface area (Å²) in [6.07, 6.45) is -3.17. The Morgan fingerprint density at radius 2 is 1.92 bits per heavy atom. The zero-order valence-electron chi connectivity index (χ0n) is 21.6. The molecule has 1 aliphatic carbocycles. The van der Waals surface area contributed by atoms with Gasteiger partial charge in [0.2, 0.25) is 5.91 Å². The molecule has 1 amide bonds. The number of rotatable bonds is 6. The van der Waals surface area contributed by atoms with E-state index in [1.165, 1.54) is 0 Å². The van der Waals surface area contributed by atoms with Crippen LogP contribution in [0.15, 0.2) is 34.5 Å². The lowest BCUT2D eigenvalue weighted by molar-refractivity contribution is -0.137. The van der Waals surface area contributed by atoms with Crippen molar-refractivity contribution in [2.24, 2.45) is 10.9 Å². The zero-order chi connectivity index (χ0) is 27.1. The van der Waals surface area contributed by atoms with Crippen molar-refractivity contribution in [3.8, 4) is 0 Å². The van der Waals surface area contributed by atoms with Gasteiger partial charge < -0.3 is 20.2 Å². The molecule has 4 rings (SSSR count). The number of nitrogens with zero attached hydrogens (tertiary/aromatic N) is 4. The fourth-order valence-corrected chi connectivity index (χ4v) is 5.36. The Hall–Kier alpha value is -2.50. The van der Waals surface area contributed by atoms with Gasteiger partial charge in [-0.05, 0) is 50.9 Å². The van der Waals surface area contributed by atoms with Crippen molar-refractivity contribution < 1.29 is 27.5 Å². The van der Waals surface area contributed by atoms with E-state index in [1.807, 2.05) is 25.8 Å². The summed E-state index contributed by atoms with van der Waals surface area (Å²) in [5.41, 5.74) is 0.770. The van der Waals surface area contributed by atoms with E-state index in [0.29, 0.717) is 38.7 Å². The molecular formula is C26H35F4N5O2. The van der Waals surface area contributed by atoms with E-state index in [-0.39, 0.29) is 36.1 Å². The monoisotopic (exact) mass is 525 g/mol. The van der Waals surface area contributed by atoms with Crippen LogP contribution in [0.3, 0.4) is 0 Å². The number of hydrogen-bond donors (Lipinski definition) is 2. The van der Waals surface area contributed by atoms with E-state index in [2.05, 4.69) is 22.1 Å². The first-order valence-electron chi connectivity index (χ1n) is 12.7. The number of aliphatic hydroxyl groups excluding tert-OH is 1. The topological polar surface area (TPSA) is 71.4 Å². The number of hydrogen-bond acceptors (Lipinski definition) is 6. The van der Waals surface area contributed by atoms with Crippen LogP contribution in [0.1, 0.15) is 44.2 Å². The van der Waals surface area contributed by atoms with Gasteiger partial charge in [-0.3, -0.25) is 14.7 Å². The number of aliphatic imine (C=N–C) groups is 1. The van der Waals surface area contributed by atoms with Crippen LogP contribution in [-0.4, -0.2) is 90.1 Å². The number of alkyl halides is 3. The summed E-state index contributed by atoms with van der Waals surface area (Å²) < 4.78 is 54.3. The number of carbonyl (C=O) groups excluding carboxylic acids is 1. The average molecular weight is 526 g/mol. The maximum Gasteiger partial charge on any atom is 0.416 e. The minimum Gasteiger partial charge on any atom is -0.387 e. The van der Waals surface area contributed by atoms with Crippen LogP contribution in [0.25, 0.3) is 0 Å². The Kier molecular flexibility index (Phi) is 7.96. The number of likely N-dealkylation sites (N-methyl/N-ethyl adjacent to an activating group) is 1. The highest BCUT2D eigenvalue weighted by Crippen LogP contribution is 2.37. The second-order valence-electron chi connectivity index (χ2n) is 10.5. The highest BCUT2D eigenvalue weighted by molar-refractivity contribution is 5.84. The van der Waals surface area contributed by atoms with Crippen LogP contribution < -0.4 is 5.32 Å². The van der Waals surface area contributed by atoms with E-state index in [1.54, 1.807) is 11.2 Å². The molecule has 11 heteroatoms. The molecule has 0 spiro atoms. The molecule has 0 saturated carbocycles. The van der Waals surface area contributed by atoms with Crippen molar-refractivity contribution in [2.75, 3.05) is 39.8 Å². The molecule has 1 unspecified atom stereocenters. The fraction of sp³-hybridized carbons (Fsp3) is 0.615. The Bertz CT molecular complexity index is 1070. The van der Waals surface area contributed by atoms with E-state index in [4.69, 9.17) is 0 Å². The maximum absolute atomic E-state index is 15.0. The molecule has 2 N–H and O–H groups in total. The molecule has 4 atom stereocenters. The molecule has 1 aromatic carbocycles. The Balaban J connectivity index is 1.51. The summed E-state index contributed by atoms with van der Waals surface area (Å²) in [4.78, 5) is 24.0. The van der Waals surface area contributed by atoms with Crippen molar-refractivity contribution in [2.45, 2.75) is 57.6 Å². The summed E-state index contributed by atoms with van der Waals surface area (Å²) in [6.45, 7) is 7.98. The van der Waals surface area contributed by atoms with E-state index >= 15 is 0 Å². The predicted octanol–water partition coefficient (Wildman–Crippen LogP) is 3.02. The third-order valence-electron chi connectivity index (χ3n) is 7.79. The second kappa shape index (κ2) is 10.7. The molecule has 0 aromatic heterocycles. The number of halogens is 4. The van der Waals surface area contributed by atoms with Gasteiger partial charge in [0, 0.05) is 50.0 Å². The van der Waals surface area contributed by atoms with Gasteiger partial charge in [0.15, 0.2) is 0 Å². The molecule has 1 fully saturated rings. The first kappa shape index (κ1) is 27.5. The molecule has 2 aliphatic heterocycles. The molecule has 7 nitrogen and oxygen atoms in total. The van der Waals surface area contributed by atoms with E-state index in [9.17, 15) is 27.5 Å². The van der Waals surface area contributed by atoms with Crippen LogP contribution >= 0.6 is 0 Å². The predicted molar refractivity (Wildman–Crippen MR) is 132 cm³/mol. The highest BCUT2D eigenvalue weighted by Gasteiger charge is 2.40. The number of nitrogens with one attached hydrogen (secondary N) is 1. The first-order valence-corrected chi connectivity index (χ1v) is 12.7. The van der Waals surface area contributed by atoms with Gasteiger partial charge in [0.05, 0.1) is 23.9 Å².